The van der Waals surface area contributed by atoms with E-state index in [4.69, 9.17) is 5.73 Å². The number of nitrogens with one attached hydrogen (secondary N) is 1. The molecule has 2 aromatic carbocycles. The first-order valence-corrected chi connectivity index (χ1v) is 9.87. The second kappa shape index (κ2) is 7.98. The van der Waals surface area contributed by atoms with E-state index in [1.807, 2.05) is 18.2 Å². The van der Waals surface area contributed by atoms with Gasteiger partial charge in [0, 0.05) is 18.2 Å². The minimum absolute atomic E-state index is 0.135. The second-order valence-electron chi connectivity index (χ2n) is 7.50. The summed E-state index contributed by atoms with van der Waals surface area (Å²) in [7, 11) is 0. The number of hydrogen-bond acceptors (Lipinski definition) is 5. The molecule has 1 aliphatic heterocycles. The Hall–Kier alpha value is -3.68. The fourth-order valence-electron chi connectivity index (χ4n) is 3.36. The molecule has 8 nitrogen and oxygen atoms in total. The summed E-state index contributed by atoms with van der Waals surface area (Å²) in [5, 5.41) is 1.37. The Morgan fingerprint density at radius 3 is 2.40 bits per heavy atom. The first kappa shape index (κ1) is 19.6. The van der Waals surface area contributed by atoms with Crippen LogP contribution in [-0.4, -0.2) is 40.5 Å². The molecular weight excluding hydrogens is 382 g/mol. The van der Waals surface area contributed by atoms with Gasteiger partial charge in [0.25, 0.3) is 11.8 Å². The molecule has 0 spiro atoms. The summed E-state index contributed by atoms with van der Waals surface area (Å²) in [6.45, 7) is 2.06. The lowest BCUT2D eigenvalue weighted by atomic mass is 10.1. The van der Waals surface area contributed by atoms with Crippen molar-refractivity contribution in [3.05, 3.63) is 65.7 Å². The van der Waals surface area contributed by atoms with Gasteiger partial charge in [-0.25, -0.2) is 10.0 Å². The Balaban J connectivity index is 1.55. The van der Waals surface area contributed by atoms with E-state index in [0.29, 0.717) is 17.8 Å². The SMILES string of the molecule is CC1N=C(C(=O)N(Cc2ccc(C(N)=O)cc2)C2CC2)NN(c2ccccc2)C1=O. The number of nitrogens with two attached hydrogens (primary N) is 1. The van der Waals surface area contributed by atoms with Gasteiger partial charge in [-0.2, -0.15) is 0 Å². The number of anilines is 1. The van der Waals surface area contributed by atoms with Gasteiger partial charge in [0.2, 0.25) is 11.7 Å². The number of hydrazine groups is 1. The highest BCUT2D eigenvalue weighted by Crippen LogP contribution is 2.29. The van der Waals surface area contributed by atoms with E-state index in [-0.39, 0.29) is 23.7 Å². The van der Waals surface area contributed by atoms with Crippen molar-refractivity contribution in [2.75, 3.05) is 5.01 Å². The summed E-state index contributed by atoms with van der Waals surface area (Å²) in [5.41, 5.74) is 10.2. The molecule has 154 valence electrons. The van der Waals surface area contributed by atoms with Gasteiger partial charge in [-0.15, -0.1) is 0 Å². The number of benzene rings is 2. The molecule has 0 saturated heterocycles. The van der Waals surface area contributed by atoms with Crippen LogP contribution < -0.4 is 16.2 Å². The minimum atomic E-state index is -0.665. The molecule has 2 aliphatic rings. The van der Waals surface area contributed by atoms with Crippen molar-refractivity contribution < 1.29 is 14.4 Å². The normalized spacial score (nSPS) is 18.4. The lowest BCUT2D eigenvalue weighted by Gasteiger charge is -2.32. The van der Waals surface area contributed by atoms with E-state index in [1.54, 1.807) is 48.2 Å². The van der Waals surface area contributed by atoms with Crippen molar-refractivity contribution in [3.63, 3.8) is 0 Å². The van der Waals surface area contributed by atoms with Gasteiger partial charge in [0.1, 0.15) is 6.04 Å². The Morgan fingerprint density at radius 2 is 1.80 bits per heavy atom. The molecule has 1 fully saturated rings. The highest BCUT2D eigenvalue weighted by molar-refractivity contribution is 6.39. The Bertz CT molecular complexity index is 999. The van der Waals surface area contributed by atoms with Crippen LogP contribution in [0.5, 0.6) is 0 Å². The number of hydrogen-bond donors (Lipinski definition) is 2. The highest BCUT2D eigenvalue weighted by Gasteiger charge is 2.38. The van der Waals surface area contributed by atoms with Crippen molar-refractivity contribution >= 4 is 29.2 Å². The van der Waals surface area contributed by atoms with Crippen LogP contribution in [0.4, 0.5) is 5.69 Å². The molecule has 1 aliphatic carbocycles. The number of amidine groups is 1. The van der Waals surface area contributed by atoms with Crippen molar-refractivity contribution in [2.24, 2.45) is 10.7 Å². The average Bonchev–Trinajstić information content (AvgIpc) is 3.59. The second-order valence-corrected chi connectivity index (χ2v) is 7.50. The van der Waals surface area contributed by atoms with Gasteiger partial charge in [-0.3, -0.25) is 19.8 Å². The van der Waals surface area contributed by atoms with Crippen molar-refractivity contribution in [2.45, 2.75) is 38.4 Å². The van der Waals surface area contributed by atoms with Crippen LogP contribution in [-0.2, 0) is 16.1 Å². The zero-order valence-corrected chi connectivity index (χ0v) is 16.6. The third-order valence-electron chi connectivity index (χ3n) is 5.18. The van der Waals surface area contributed by atoms with Crippen LogP contribution in [0, 0.1) is 0 Å². The summed E-state index contributed by atoms with van der Waals surface area (Å²) in [6, 6.07) is 15.5. The number of primary amides is 1. The van der Waals surface area contributed by atoms with Crippen LogP contribution in [0.15, 0.2) is 59.6 Å². The molecule has 1 saturated carbocycles. The van der Waals surface area contributed by atoms with E-state index in [2.05, 4.69) is 10.4 Å². The maximum atomic E-state index is 13.3. The monoisotopic (exact) mass is 405 g/mol. The quantitative estimate of drug-likeness (QED) is 0.761. The van der Waals surface area contributed by atoms with Gasteiger partial charge in [0.05, 0.1) is 5.69 Å². The fraction of sp³-hybridized carbons (Fsp3) is 0.273. The summed E-state index contributed by atoms with van der Waals surface area (Å²) >= 11 is 0. The number of carbonyl (C=O) groups excluding carboxylic acids is 3. The van der Waals surface area contributed by atoms with Crippen LogP contribution in [0.25, 0.3) is 0 Å². The summed E-state index contributed by atoms with van der Waals surface area (Å²) < 4.78 is 0. The summed E-state index contributed by atoms with van der Waals surface area (Å²) in [5.74, 6) is -0.821. The Kier molecular flexibility index (Phi) is 5.22. The largest absolute Gasteiger partial charge is 0.366 e. The van der Waals surface area contributed by atoms with Gasteiger partial charge >= 0.3 is 0 Å². The molecule has 3 amide bonds. The maximum Gasteiger partial charge on any atom is 0.291 e. The van der Waals surface area contributed by atoms with Crippen LogP contribution in [0.1, 0.15) is 35.7 Å². The zero-order chi connectivity index (χ0) is 21.3. The molecule has 4 rings (SSSR count). The van der Waals surface area contributed by atoms with Gasteiger partial charge in [0.15, 0.2) is 0 Å². The molecular formula is C22H23N5O3. The molecule has 0 radical (unpaired) electrons. The smallest absolute Gasteiger partial charge is 0.291 e. The van der Waals surface area contributed by atoms with E-state index < -0.39 is 11.9 Å². The number of aliphatic imine (C=N–C) groups is 1. The Morgan fingerprint density at radius 1 is 1.13 bits per heavy atom. The molecule has 0 aromatic heterocycles. The Labute approximate surface area is 174 Å². The van der Waals surface area contributed by atoms with Crippen molar-refractivity contribution in [1.29, 1.82) is 0 Å². The lowest BCUT2D eigenvalue weighted by Crippen LogP contribution is -2.58. The minimum Gasteiger partial charge on any atom is -0.366 e. The van der Waals surface area contributed by atoms with Crippen LogP contribution in [0.2, 0.25) is 0 Å². The van der Waals surface area contributed by atoms with E-state index in [0.717, 1.165) is 18.4 Å². The lowest BCUT2D eigenvalue weighted by molar-refractivity contribution is -0.125. The number of rotatable bonds is 6. The fourth-order valence-corrected chi connectivity index (χ4v) is 3.36. The van der Waals surface area contributed by atoms with E-state index in [1.165, 1.54) is 5.01 Å². The number of nitrogens with zero attached hydrogens (tertiary/aromatic N) is 3. The molecule has 0 bridgehead atoms. The molecule has 3 N–H and O–H groups in total. The summed E-state index contributed by atoms with van der Waals surface area (Å²) in [6.07, 6.45) is 1.85. The average molecular weight is 405 g/mol. The zero-order valence-electron chi connectivity index (χ0n) is 16.6. The predicted octanol–water partition coefficient (Wildman–Crippen LogP) is 1.61. The first-order valence-electron chi connectivity index (χ1n) is 9.87. The molecule has 1 heterocycles. The summed E-state index contributed by atoms with van der Waals surface area (Å²) in [4.78, 5) is 43.2. The topological polar surface area (TPSA) is 108 Å². The first-order chi connectivity index (χ1) is 14.4. The van der Waals surface area contributed by atoms with Crippen molar-refractivity contribution in [3.8, 4) is 0 Å². The van der Waals surface area contributed by atoms with Gasteiger partial charge in [-0.05, 0) is 49.6 Å². The third-order valence-corrected chi connectivity index (χ3v) is 5.18. The van der Waals surface area contributed by atoms with E-state index >= 15 is 0 Å². The van der Waals surface area contributed by atoms with Crippen LogP contribution in [0.3, 0.4) is 0 Å². The van der Waals surface area contributed by atoms with Gasteiger partial charge < -0.3 is 10.6 Å². The molecule has 1 atom stereocenters. The molecule has 8 heteroatoms. The third kappa shape index (κ3) is 4.03. The molecule has 2 aromatic rings. The number of para-hydroxylation sites is 1. The van der Waals surface area contributed by atoms with Gasteiger partial charge in [-0.1, -0.05) is 30.3 Å². The standard InChI is InChI=1S/C22H23N5O3/c1-14-21(29)27(18-5-3-2-4-6-18)25-20(24-14)22(30)26(17-11-12-17)13-15-7-9-16(10-8-15)19(23)28/h2-10,14,17H,11-13H2,1H3,(H2,23,28)(H,24,25). The van der Waals surface area contributed by atoms with Crippen molar-refractivity contribution in [1.82, 2.24) is 10.3 Å². The number of amides is 3. The predicted molar refractivity (Wildman–Crippen MR) is 112 cm³/mol. The molecule has 1 unspecified atom stereocenters. The highest BCUT2D eigenvalue weighted by atomic mass is 16.2. The molecule has 30 heavy (non-hydrogen) atoms. The number of carbonyl (C=O) groups is 3. The maximum absolute atomic E-state index is 13.3. The van der Waals surface area contributed by atoms with E-state index in [9.17, 15) is 14.4 Å². The van der Waals surface area contributed by atoms with Crippen LogP contribution >= 0.6 is 0 Å².